The fourth-order valence-corrected chi connectivity index (χ4v) is 4.43. The third kappa shape index (κ3) is 4.37. The molecule has 3 aromatic rings. The predicted octanol–water partition coefficient (Wildman–Crippen LogP) is 5.71. The molecule has 4 nitrogen and oxygen atoms in total. The van der Waals surface area contributed by atoms with E-state index in [0.717, 1.165) is 51.8 Å². The van der Waals surface area contributed by atoms with E-state index in [1.165, 1.54) is 0 Å². The van der Waals surface area contributed by atoms with E-state index in [9.17, 15) is 4.79 Å². The number of nitrogens with zero attached hydrogens (tertiary/aromatic N) is 2. The molecule has 6 heteroatoms. The van der Waals surface area contributed by atoms with Gasteiger partial charge in [0.05, 0.1) is 10.6 Å². The van der Waals surface area contributed by atoms with Crippen LogP contribution in [0, 0.1) is 0 Å². The number of hydrogen-bond acceptors (Lipinski definition) is 5. The van der Waals surface area contributed by atoms with Crippen molar-refractivity contribution in [1.29, 1.82) is 0 Å². The molecule has 0 amide bonds. The molecule has 4 rings (SSSR count). The average Bonchev–Trinajstić information content (AvgIpc) is 2.69. The Morgan fingerprint density at radius 2 is 2.00 bits per heavy atom. The van der Waals surface area contributed by atoms with Crippen molar-refractivity contribution >= 4 is 40.7 Å². The predicted molar refractivity (Wildman–Crippen MR) is 116 cm³/mol. The van der Waals surface area contributed by atoms with Gasteiger partial charge < -0.3 is 5.32 Å². The minimum atomic E-state index is 0.160. The van der Waals surface area contributed by atoms with Gasteiger partial charge in [0.2, 0.25) is 0 Å². The maximum absolute atomic E-state index is 11.3. The average molecular weight is 410 g/mol. The van der Waals surface area contributed by atoms with Crippen molar-refractivity contribution in [2.24, 2.45) is 0 Å². The van der Waals surface area contributed by atoms with E-state index in [2.05, 4.69) is 5.32 Å². The van der Waals surface area contributed by atoms with Gasteiger partial charge in [-0.2, -0.15) is 0 Å². The molecule has 0 atom stereocenters. The van der Waals surface area contributed by atoms with Gasteiger partial charge in [-0.1, -0.05) is 35.9 Å². The first-order valence-corrected chi connectivity index (χ1v) is 10.6. The first-order chi connectivity index (χ1) is 13.6. The molecule has 1 aliphatic rings. The van der Waals surface area contributed by atoms with Crippen molar-refractivity contribution < 1.29 is 4.79 Å². The van der Waals surface area contributed by atoms with Crippen LogP contribution in [0.3, 0.4) is 0 Å². The molecule has 0 spiro atoms. The molecule has 0 fully saturated rings. The van der Waals surface area contributed by atoms with Crippen LogP contribution < -0.4 is 5.32 Å². The summed E-state index contributed by atoms with van der Waals surface area (Å²) in [5.74, 6) is 2.73. The number of Topliss-reactive ketones (excluding diaryl/α,β-unsaturated/α-hetero) is 1. The normalized spacial score (nSPS) is 13.1. The molecule has 0 aliphatic carbocycles. The van der Waals surface area contributed by atoms with Crippen LogP contribution in [-0.4, -0.2) is 21.5 Å². The Balaban J connectivity index is 1.69. The number of nitrogens with one attached hydrogen (secondary N) is 1. The number of benzene rings is 2. The summed E-state index contributed by atoms with van der Waals surface area (Å²) < 4.78 is 0. The maximum atomic E-state index is 11.3. The molecule has 142 valence electrons. The highest BCUT2D eigenvalue weighted by atomic mass is 35.5. The number of halogens is 1. The second-order valence-corrected chi connectivity index (χ2v) is 8.38. The van der Waals surface area contributed by atoms with Crippen LogP contribution in [0.1, 0.15) is 24.6 Å². The van der Waals surface area contributed by atoms with Gasteiger partial charge in [0.1, 0.15) is 11.6 Å². The molecule has 0 radical (unpaired) electrons. The number of aryl methyl sites for hydroxylation is 1. The number of hydrogen-bond donors (Lipinski definition) is 1. The number of anilines is 2. The zero-order valence-electron chi connectivity index (χ0n) is 15.5. The smallest absolute Gasteiger partial charge is 0.161 e. The van der Waals surface area contributed by atoms with Gasteiger partial charge in [0, 0.05) is 22.7 Å². The standard InChI is InChI=1S/C22H20ClN3OS/c1-14(27)12-15-7-9-18(10-8-15)24-22-20-19(6-3-11-28-20)25-21(26-22)16-4-2-5-17(23)13-16/h2,4-5,7-10,13H,3,6,11-12H2,1H3,(H,24,25,26). The Hall–Kier alpha value is -2.37. The van der Waals surface area contributed by atoms with E-state index in [4.69, 9.17) is 21.6 Å². The number of aromatic nitrogens is 2. The van der Waals surface area contributed by atoms with Gasteiger partial charge >= 0.3 is 0 Å². The number of fused-ring (bicyclic) bond motifs is 1. The summed E-state index contributed by atoms with van der Waals surface area (Å²) in [6, 6.07) is 15.5. The third-order valence-corrected chi connectivity index (χ3v) is 5.94. The molecular formula is C22H20ClN3OS. The van der Waals surface area contributed by atoms with Gasteiger partial charge in [-0.15, -0.1) is 11.8 Å². The van der Waals surface area contributed by atoms with Crippen molar-refractivity contribution in [3.63, 3.8) is 0 Å². The van der Waals surface area contributed by atoms with Gasteiger partial charge in [-0.3, -0.25) is 4.79 Å². The lowest BCUT2D eigenvalue weighted by atomic mass is 10.1. The zero-order valence-corrected chi connectivity index (χ0v) is 17.1. The highest BCUT2D eigenvalue weighted by Gasteiger charge is 2.19. The summed E-state index contributed by atoms with van der Waals surface area (Å²) in [4.78, 5) is 22.0. The number of rotatable bonds is 5. The second-order valence-electron chi connectivity index (χ2n) is 6.83. The Kier molecular flexibility index (Phi) is 5.64. The van der Waals surface area contributed by atoms with E-state index >= 15 is 0 Å². The van der Waals surface area contributed by atoms with Gasteiger partial charge in [0.25, 0.3) is 0 Å². The van der Waals surface area contributed by atoms with E-state index in [0.29, 0.717) is 17.3 Å². The molecule has 2 aromatic carbocycles. The summed E-state index contributed by atoms with van der Waals surface area (Å²) in [7, 11) is 0. The van der Waals surface area contributed by atoms with Gasteiger partial charge in [-0.25, -0.2) is 9.97 Å². The van der Waals surface area contributed by atoms with Crippen molar-refractivity contribution in [3.05, 3.63) is 64.8 Å². The number of thioether (sulfide) groups is 1. The highest BCUT2D eigenvalue weighted by Crippen LogP contribution is 2.37. The SMILES string of the molecule is CC(=O)Cc1ccc(Nc2nc(-c3cccc(Cl)c3)nc3c2SCCC3)cc1. The van der Waals surface area contributed by atoms with E-state index in [1.54, 1.807) is 18.7 Å². The molecule has 0 bridgehead atoms. The van der Waals surface area contributed by atoms with Gasteiger partial charge in [0.15, 0.2) is 5.82 Å². The minimum absolute atomic E-state index is 0.160. The van der Waals surface area contributed by atoms with Crippen LogP contribution in [0.15, 0.2) is 53.4 Å². The van der Waals surface area contributed by atoms with E-state index < -0.39 is 0 Å². The van der Waals surface area contributed by atoms with Crippen LogP contribution >= 0.6 is 23.4 Å². The van der Waals surface area contributed by atoms with Crippen molar-refractivity contribution in [1.82, 2.24) is 9.97 Å². The monoisotopic (exact) mass is 409 g/mol. The summed E-state index contributed by atoms with van der Waals surface area (Å²) in [5, 5.41) is 4.12. The van der Waals surface area contributed by atoms with E-state index in [-0.39, 0.29) is 5.78 Å². The lowest BCUT2D eigenvalue weighted by molar-refractivity contribution is -0.116. The molecule has 1 aromatic heterocycles. The fourth-order valence-electron chi connectivity index (χ4n) is 3.20. The lowest BCUT2D eigenvalue weighted by Gasteiger charge is -2.19. The summed E-state index contributed by atoms with van der Waals surface area (Å²) in [6.07, 6.45) is 2.52. The van der Waals surface area contributed by atoms with Crippen LogP contribution in [0.25, 0.3) is 11.4 Å². The summed E-state index contributed by atoms with van der Waals surface area (Å²) in [5.41, 5.74) is 3.94. The minimum Gasteiger partial charge on any atom is -0.339 e. The molecule has 0 saturated heterocycles. The van der Waals surface area contributed by atoms with Crippen LogP contribution in [0.4, 0.5) is 11.5 Å². The first kappa shape index (κ1) is 19.0. The summed E-state index contributed by atoms with van der Waals surface area (Å²) in [6.45, 7) is 1.61. The summed E-state index contributed by atoms with van der Waals surface area (Å²) >= 11 is 7.95. The topological polar surface area (TPSA) is 54.9 Å². The number of carbonyl (C=O) groups is 1. The molecule has 1 N–H and O–H groups in total. The third-order valence-electron chi connectivity index (χ3n) is 4.49. The highest BCUT2D eigenvalue weighted by molar-refractivity contribution is 7.99. The molecule has 28 heavy (non-hydrogen) atoms. The van der Waals surface area contributed by atoms with Crippen LogP contribution in [0.2, 0.25) is 5.02 Å². The molecular weight excluding hydrogens is 390 g/mol. The molecule has 0 saturated carbocycles. The van der Waals surface area contributed by atoms with Crippen molar-refractivity contribution in [2.45, 2.75) is 31.1 Å². The van der Waals surface area contributed by atoms with Gasteiger partial charge in [-0.05, 0) is 55.3 Å². The van der Waals surface area contributed by atoms with Crippen molar-refractivity contribution in [2.75, 3.05) is 11.1 Å². The maximum Gasteiger partial charge on any atom is 0.161 e. The molecule has 0 unspecified atom stereocenters. The molecule has 1 aliphatic heterocycles. The van der Waals surface area contributed by atoms with E-state index in [1.807, 2.05) is 48.5 Å². The zero-order chi connectivity index (χ0) is 19.5. The quantitative estimate of drug-likeness (QED) is 0.584. The largest absolute Gasteiger partial charge is 0.339 e. The van der Waals surface area contributed by atoms with Crippen LogP contribution in [-0.2, 0) is 17.6 Å². The number of carbonyl (C=O) groups excluding carboxylic acids is 1. The second kappa shape index (κ2) is 8.33. The first-order valence-electron chi connectivity index (χ1n) is 9.23. The Morgan fingerprint density at radius 1 is 1.18 bits per heavy atom. The Morgan fingerprint density at radius 3 is 2.75 bits per heavy atom. The van der Waals surface area contributed by atoms with Crippen molar-refractivity contribution in [3.8, 4) is 11.4 Å². The van der Waals surface area contributed by atoms with Crippen LogP contribution in [0.5, 0.6) is 0 Å². The Bertz CT molecular complexity index is 1020. The fraction of sp³-hybridized carbons (Fsp3) is 0.227. The number of ketones is 1. The molecule has 2 heterocycles. The Labute approximate surface area is 173 Å². The lowest BCUT2D eigenvalue weighted by Crippen LogP contribution is -2.09.